The van der Waals surface area contributed by atoms with Gasteiger partial charge in [0.1, 0.15) is 5.82 Å². The van der Waals surface area contributed by atoms with Crippen LogP contribution in [-0.4, -0.2) is 71.3 Å². The summed E-state index contributed by atoms with van der Waals surface area (Å²) in [6.07, 6.45) is 0.915. The summed E-state index contributed by atoms with van der Waals surface area (Å²) < 4.78 is 15.3. The average molecular weight is 567 g/mol. The normalized spacial score (nSPS) is 14.7. The first-order chi connectivity index (χ1) is 19.7. The number of tetrazole rings is 1. The van der Waals surface area contributed by atoms with E-state index in [1.54, 1.807) is 16.8 Å². The minimum absolute atomic E-state index is 0.0723. The SMILES string of the molecule is CC(C)CC(c1nnnn1CCCC(=O)N1CCc2ccccc2C1)N(Cc1ccc(F)cc1)CC(O)CC(=O)O. The number of carbonyl (C=O) groups excluding carboxylic acids is 1. The Morgan fingerprint density at radius 3 is 2.54 bits per heavy atom. The van der Waals surface area contributed by atoms with E-state index in [1.165, 1.54) is 23.3 Å². The number of aromatic nitrogens is 4. The number of carboxylic acids is 1. The summed E-state index contributed by atoms with van der Waals surface area (Å²) in [6.45, 7) is 6.33. The van der Waals surface area contributed by atoms with Crippen LogP contribution in [0.3, 0.4) is 0 Å². The second kappa shape index (κ2) is 14.3. The molecule has 2 unspecified atom stereocenters. The van der Waals surface area contributed by atoms with Crippen molar-refractivity contribution in [3.05, 3.63) is 76.9 Å². The van der Waals surface area contributed by atoms with Gasteiger partial charge in [-0.15, -0.1) is 5.10 Å². The van der Waals surface area contributed by atoms with Crippen LogP contribution in [0, 0.1) is 11.7 Å². The van der Waals surface area contributed by atoms with E-state index >= 15 is 0 Å². The molecular weight excluding hydrogens is 527 g/mol. The molecule has 41 heavy (non-hydrogen) atoms. The lowest BCUT2D eigenvalue weighted by Gasteiger charge is -2.33. The van der Waals surface area contributed by atoms with Crippen LogP contribution in [0.4, 0.5) is 4.39 Å². The second-order valence-electron chi connectivity index (χ2n) is 11.2. The van der Waals surface area contributed by atoms with Crippen molar-refractivity contribution in [2.45, 2.75) is 77.7 Å². The molecule has 2 atom stereocenters. The van der Waals surface area contributed by atoms with Crippen LogP contribution in [0.25, 0.3) is 0 Å². The molecule has 10 nitrogen and oxygen atoms in total. The summed E-state index contributed by atoms with van der Waals surface area (Å²) in [5.74, 6) is -0.519. The molecule has 2 N–H and O–H groups in total. The Balaban J connectivity index is 1.47. The van der Waals surface area contributed by atoms with Crippen molar-refractivity contribution in [2.75, 3.05) is 13.1 Å². The average Bonchev–Trinajstić information content (AvgIpc) is 3.40. The highest BCUT2D eigenvalue weighted by atomic mass is 19.1. The summed E-state index contributed by atoms with van der Waals surface area (Å²) in [4.78, 5) is 28.1. The molecule has 1 aliphatic rings. The lowest BCUT2D eigenvalue weighted by Crippen LogP contribution is -2.38. The number of aryl methyl sites for hydroxylation is 1. The lowest BCUT2D eigenvalue weighted by molar-refractivity contribution is -0.139. The van der Waals surface area contributed by atoms with Crippen LogP contribution in [0.5, 0.6) is 0 Å². The maximum atomic E-state index is 13.6. The Labute approximate surface area is 239 Å². The van der Waals surface area contributed by atoms with Gasteiger partial charge in [0.05, 0.1) is 18.6 Å². The van der Waals surface area contributed by atoms with Crippen LogP contribution < -0.4 is 0 Å². The van der Waals surface area contributed by atoms with E-state index in [9.17, 15) is 24.2 Å². The zero-order valence-electron chi connectivity index (χ0n) is 23.7. The predicted octanol–water partition coefficient (Wildman–Crippen LogP) is 3.60. The molecule has 1 aromatic heterocycles. The molecule has 0 bridgehead atoms. The van der Waals surface area contributed by atoms with E-state index in [4.69, 9.17) is 0 Å². The number of nitrogens with zero attached hydrogens (tertiary/aromatic N) is 6. The summed E-state index contributed by atoms with van der Waals surface area (Å²) in [5, 5.41) is 32.3. The van der Waals surface area contributed by atoms with Gasteiger partial charge in [0.15, 0.2) is 5.82 Å². The number of aliphatic hydroxyl groups is 1. The zero-order chi connectivity index (χ0) is 29.4. The molecule has 0 aliphatic carbocycles. The van der Waals surface area contributed by atoms with Gasteiger partial charge in [0.25, 0.3) is 0 Å². The smallest absolute Gasteiger partial charge is 0.306 e. The molecule has 0 fully saturated rings. The lowest BCUT2D eigenvalue weighted by atomic mass is 9.99. The van der Waals surface area contributed by atoms with Crippen LogP contribution in [0.15, 0.2) is 48.5 Å². The van der Waals surface area contributed by atoms with Crippen LogP contribution >= 0.6 is 0 Å². The van der Waals surface area contributed by atoms with Gasteiger partial charge in [0.2, 0.25) is 5.91 Å². The fraction of sp³-hybridized carbons (Fsp3) is 0.500. The Bertz CT molecular complexity index is 1300. The molecule has 2 heterocycles. The highest BCUT2D eigenvalue weighted by molar-refractivity contribution is 5.76. The molecule has 11 heteroatoms. The van der Waals surface area contributed by atoms with Crippen molar-refractivity contribution < 1.29 is 24.2 Å². The minimum Gasteiger partial charge on any atom is -0.481 e. The van der Waals surface area contributed by atoms with Gasteiger partial charge in [0, 0.05) is 39.1 Å². The highest BCUT2D eigenvalue weighted by Crippen LogP contribution is 2.29. The fourth-order valence-electron chi connectivity index (χ4n) is 5.38. The van der Waals surface area contributed by atoms with Crippen molar-refractivity contribution in [3.63, 3.8) is 0 Å². The number of aliphatic carboxylic acids is 1. The summed E-state index contributed by atoms with van der Waals surface area (Å²) in [5.41, 5.74) is 3.30. The first-order valence-electron chi connectivity index (χ1n) is 14.2. The molecule has 220 valence electrons. The number of fused-ring (bicyclic) bond motifs is 1. The van der Waals surface area contributed by atoms with Crippen LogP contribution in [0.2, 0.25) is 0 Å². The molecule has 2 aromatic carbocycles. The summed E-state index contributed by atoms with van der Waals surface area (Å²) in [6, 6.07) is 14.0. The number of halogens is 1. The van der Waals surface area contributed by atoms with Crippen molar-refractivity contribution in [3.8, 4) is 0 Å². The minimum atomic E-state index is -1.11. The Kier molecular flexibility index (Phi) is 10.5. The van der Waals surface area contributed by atoms with Gasteiger partial charge in [-0.3, -0.25) is 14.5 Å². The first-order valence-corrected chi connectivity index (χ1v) is 14.2. The van der Waals surface area contributed by atoms with E-state index in [-0.39, 0.29) is 30.2 Å². The van der Waals surface area contributed by atoms with Gasteiger partial charge in [-0.2, -0.15) is 0 Å². The molecule has 0 radical (unpaired) electrons. The van der Waals surface area contributed by atoms with Gasteiger partial charge in [-0.05, 0) is 64.4 Å². The first kappa shape index (κ1) is 30.3. The van der Waals surface area contributed by atoms with E-state index in [0.29, 0.717) is 51.3 Å². The highest BCUT2D eigenvalue weighted by Gasteiger charge is 2.29. The number of carbonyl (C=O) groups is 2. The van der Waals surface area contributed by atoms with E-state index < -0.39 is 18.5 Å². The number of amides is 1. The van der Waals surface area contributed by atoms with E-state index in [0.717, 1.165) is 12.0 Å². The largest absolute Gasteiger partial charge is 0.481 e. The Morgan fingerprint density at radius 1 is 1.10 bits per heavy atom. The third-order valence-electron chi connectivity index (χ3n) is 7.39. The van der Waals surface area contributed by atoms with Gasteiger partial charge >= 0.3 is 5.97 Å². The topological polar surface area (TPSA) is 125 Å². The van der Waals surface area contributed by atoms with Crippen molar-refractivity contribution >= 4 is 11.9 Å². The quantitative estimate of drug-likeness (QED) is 0.303. The van der Waals surface area contributed by atoms with Gasteiger partial charge in [-0.1, -0.05) is 50.2 Å². The maximum absolute atomic E-state index is 13.6. The number of benzene rings is 2. The second-order valence-corrected chi connectivity index (χ2v) is 11.2. The van der Waals surface area contributed by atoms with Crippen LogP contribution in [-0.2, 0) is 35.6 Å². The van der Waals surface area contributed by atoms with Crippen molar-refractivity contribution in [1.29, 1.82) is 0 Å². The molecule has 0 spiro atoms. The predicted molar refractivity (Wildman–Crippen MR) is 150 cm³/mol. The molecule has 1 amide bonds. The summed E-state index contributed by atoms with van der Waals surface area (Å²) in [7, 11) is 0. The number of hydrogen-bond donors (Lipinski definition) is 2. The number of aliphatic hydroxyl groups excluding tert-OH is 1. The van der Waals surface area contributed by atoms with Crippen molar-refractivity contribution in [1.82, 2.24) is 30.0 Å². The molecule has 3 aromatic rings. The van der Waals surface area contributed by atoms with E-state index in [1.807, 2.05) is 21.9 Å². The van der Waals surface area contributed by atoms with Crippen LogP contribution in [0.1, 0.15) is 68.1 Å². The molecule has 4 rings (SSSR count). The standard InChI is InChI=1S/C30H39FN6O4/c1-21(2)16-27(36(20-26(38)17-29(40)41)18-22-9-11-25(31)12-10-22)30-32-33-34-37(30)14-5-8-28(39)35-15-13-23-6-3-4-7-24(23)19-35/h3-4,6-7,9-12,21,26-27,38H,5,8,13-20H2,1-2H3,(H,40,41). The Hall–Kier alpha value is -3.70. The molecule has 1 aliphatic heterocycles. The molecular formula is C30H39FN6O4. The monoisotopic (exact) mass is 566 g/mol. The Morgan fingerprint density at radius 2 is 1.83 bits per heavy atom. The van der Waals surface area contributed by atoms with Gasteiger partial charge < -0.3 is 15.1 Å². The number of carboxylic acid groups (broad SMARTS) is 1. The maximum Gasteiger partial charge on any atom is 0.306 e. The van der Waals surface area contributed by atoms with Crippen molar-refractivity contribution in [2.24, 2.45) is 5.92 Å². The number of rotatable bonds is 14. The molecule has 0 saturated heterocycles. The number of hydrogen-bond acceptors (Lipinski definition) is 7. The fourth-order valence-corrected chi connectivity index (χ4v) is 5.38. The van der Waals surface area contributed by atoms with E-state index in [2.05, 4.69) is 41.5 Å². The third kappa shape index (κ3) is 8.64. The molecule has 0 saturated carbocycles. The third-order valence-corrected chi connectivity index (χ3v) is 7.39. The summed E-state index contributed by atoms with van der Waals surface area (Å²) >= 11 is 0. The zero-order valence-corrected chi connectivity index (χ0v) is 23.7. The van der Waals surface area contributed by atoms with Gasteiger partial charge in [-0.25, -0.2) is 9.07 Å².